The second kappa shape index (κ2) is 5.48. The molecule has 0 spiro atoms. The summed E-state index contributed by atoms with van der Waals surface area (Å²) in [4.78, 5) is 9.00. The molecule has 2 atom stereocenters. The number of rotatable bonds is 5. The van der Waals surface area contributed by atoms with Gasteiger partial charge in [-0.1, -0.05) is 20.8 Å². The molecule has 2 unspecified atom stereocenters. The first-order valence-electron chi connectivity index (χ1n) is 7.51. The van der Waals surface area contributed by atoms with Crippen LogP contribution in [0.2, 0.25) is 0 Å². The highest BCUT2D eigenvalue weighted by Gasteiger charge is 2.36. The number of nitrogen functional groups attached to an aromatic ring is 1. The summed E-state index contributed by atoms with van der Waals surface area (Å²) in [7, 11) is 0. The van der Waals surface area contributed by atoms with E-state index in [4.69, 9.17) is 10.3 Å². The Bertz CT molecular complexity index is 635. The Kier molecular flexibility index (Phi) is 3.68. The average Bonchev–Trinajstić information content (AvgIpc) is 2.99. The zero-order chi connectivity index (χ0) is 15.0. The number of hydrogen-bond acceptors (Lipinski definition) is 5. The van der Waals surface area contributed by atoms with E-state index < -0.39 is 0 Å². The molecule has 21 heavy (non-hydrogen) atoms. The predicted octanol–water partition coefficient (Wildman–Crippen LogP) is 3.34. The molecule has 1 aliphatic carbocycles. The smallest absolute Gasteiger partial charge is 0.197 e. The lowest BCUT2D eigenvalue weighted by atomic mass is 10.1. The van der Waals surface area contributed by atoms with Gasteiger partial charge in [0.25, 0.3) is 0 Å². The van der Waals surface area contributed by atoms with Gasteiger partial charge in [0.15, 0.2) is 11.6 Å². The summed E-state index contributed by atoms with van der Waals surface area (Å²) in [5.41, 5.74) is 3.58. The predicted molar refractivity (Wildman–Crippen MR) is 82.6 cm³/mol. The monoisotopic (exact) mass is 286 g/mol. The van der Waals surface area contributed by atoms with Gasteiger partial charge in [-0.05, 0) is 36.8 Å². The Hall–Kier alpha value is -1.88. The Morgan fingerprint density at radius 3 is 2.76 bits per heavy atom. The number of nitrogens with one attached hydrogen (secondary N) is 1. The van der Waals surface area contributed by atoms with Crippen molar-refractivity contribution in [2.75, 3.05) is 5.43 Å². The van der Waals surface area contributed by atoms with E-state index in [1.807, 2.05) is 18.2 Å². The molecule has 0 radical (unpaired) electrons. The quantitative estimate of drug-likeness (QED) is 0.651. The summed E-state index contributed by atoms with van der Waals surface area (Å²) < 4.78 is 5.93. The Morgan fingerprint density at radius 1 is 1.38 bits per heavy atom. The number of nitrogens with zero attached hydrogens (tertiary/aromatic N) is 2. The van der Waals surface area contributed by atoms with Crippen molar-refractivity contribution < 1.29 is 4.42 Å². The number of nitrogens with two attached hydrogens (primary N) is 1. The lowest BCUT2D eigenvalue weighted by Crippen LogP contribution is -2.11. The molecule has 0 bridgehead atoms. The molecule has 1 fully saturated rings. The minimum atomic E-state index is 0.526. The molecular formula is C16H22N4O. The molecule has 1 saturated carbocycles. The van der Waals surface area contributed by atoms with Gasteiger partial charge in [0.05, 0.1) is 0 Å². The molecule has 5 heteroatoms. The third-order valence-corrected chi connectivity index (χ3v) is 3.87. The number of hydrazine groups is 1. The number of anilines is 1. The molecule has 0 amide bonds. The Morgan fingerprint density at radius 2 is 2.14 bits per heavy atom. The van der Waals surface area contributed by atoms with Gasteiger partial charge in [-0.2, -0.15) is 0 Å². The van der Waals surface area contributed by atoms with E-state index >= 15 is 0 Å². The average molecular weight is 286 g/mol. The summed E-state index contributed by atoms with van der Waals surface area (Å²) >= 11 is 0. The van der Waals surface area contributed by atoms with E-state index in [0.717, 1.165) is 23.8 Å². The van der Waals surface area contributed by atoms with E-state index in [-0.39, 0.29) is 0 Å². The molecule has 0 aliphatic heterocycles. The van der Waals surface area contributed by atoms with Crippen LogP contribution in [0, 0.1) is 11.8 Å². The standard InChI is InChI=1S/C16H22N4O/c1-9(2)6-11-8-15(20-17)19-16(18-11)14-5-4-13(21-14)12-7-10(12)3/h4-5,8-10,12H,6-7,17H2,1-3H3,(H,18,19,20). The maximum absolute atomic E-state index is 5.93. The van der Waals surface area contributed by atoms with Crippen molar-refractivity contribution in [1.29, 1.82) is 0 Å². The highest BCUT2D eigenvalue weighted by atomic mass is 16.3. The lowest BCUT2D eigenvalue weighted by molar-refractivity contribution is 0.514. The van der Waals surface area contributed by atoms with Gasteiger partial charge in [-0.3, -0.25) is 0 Å². The Labute approximate surface area is 124 Å². The normalized spacial score (nSPS) is 20.8. The largest absolute Gasteiger partial charge is 0.457 e. The van der Waals surface area contributed by atoms with Crippen LogP contribution in [-0.2, 0) is 6.42 Å². The molecule has 1 aliphatic rings. The minimum Gasteiger partial charge on any atom is -0.457 e. The molecule has 0 aromatic carbocycles. The fraction of sp³-hybridized carbons (Fsp3) is 0.500. The van der Waals surface area contributed by atoms with Crippen LogP contribution < -0.4 is 11.3 Å². The van der Waals surface area contributed by atoms with Crippen molar-refractivity contribution in [1.82, 2.24) is 9.97 Å². The van der Waals surface area contributed by atoms with E-state index in [1.165, 1.54) is 6.42 Å². The zero-order valence-corrected chi connectivity index (χ0v) is 12.8. The highest BCUT2D eigenvalue weighted by Crippen LogP contribution is 2.47. The summed E-state index contributed by atoms with van der Waals surface area (Å²) in [5.74, 6) is 10.3. The van der Waals surface area contributed by atoms with Gasteiger partial charge >= 0.3 is 0 Å². The fourth-order valence-corrected chi connectivity index (χ4v) is 2.60. The third-order valence-electron chi connectivity index (χ3n) is 3.87. The van der Waals surface area contributed by atoms with E-state index in [1.54, 1.807) is 0 Å². The molecule has 3 rings (SSSR count). The van der Waals surface area contributed by atoms with Crippen LogP contribution in [0.3, 0.4) is 0 Å². The van der Waals surface area contributed by atoms with Crippen LogP contribution in [-0.4, -0.2) is 9.97 Å². The summed E-state index contributed by atoms with van der Waals surface area (Å²) in [6.45, 7) is 6.57. The first-order valence-corrected chi connectivity index (χ1v) is 7.51. The molecule has 112 valence electrons. The van der Waals surface area contributed by atoms with Crippen LogP contribution in [0.25, 0.3) is 11.6 Å². The second-order valence-corrected chi connectivity index (χ2v) is 6.33. The van der Waals surface area contributed by atoms with Gasteiger partial charge in [0, 0.05) is 17.7 Å². The van der Waals surface area contributed by atoms with Gasteiger partial charge in [0.2, 0.25) is 0 Å². The van der Waals surface area contributed by atoms with Crippen molar-refractivity contribution in [3.8, 4) is 11.6 Å². The van der Waals surface area contributed by atoms with Crippen molar-refractivity contribution in [2.24, 2.45) is 17.7 Å². The van der Waals surface area contributed by atoms with E-state index in [0.29, 0.717) is 29.2 Å². The fourth-order valence-electron chi connectivity index (χ4n) is 2.60. The molecule has 0 saturated heterocycles. The highest BCUT2D eigenvalue weighted by molar-refractivity contribution is 5.52. The minimum absolute atomic E-state index is 0.526. The van der Waals surface area contributed by atoms with Crippen LogP contribution in [0.5, 0.6) is 0 Å². The van der Waals surface area contributed by atoms with Crippen LogP contribution in [0.15, 0.2) is 22.6 Å². The summed E-state index contributed by atoms with van der Waals surface area (Å²) in [6.07, 6.45) is 2.09. The second-order valence-electron chi connectivity index (χ2n) is 6.33. The summed E-state index contributed by atoms with van der Waals surface area (Å²) in [6, 6.07) is 5.88. The molecule has 2 aromatic rings. The van der Waals surface area contributed by atoms with Crippen molar-refractivity contribution in [3.63, 3.8) is 0 Å². The van der Waals surface area contributed by atoms with Gasteiger partial charge < -0.3 is 9.84 Å². The van der Waals surface area contributed by atoms with Crippen LogP contribution in [0.1, 0.15) is 44.6 Å². The molecule has 3 N–H and O–H groups in total. The third kappa shape index (κ3) is 3.08. The van der Waals surface area contributed by atoms with Crippen LogP contribution >= 0.6 is 0 Å². The zero-order valence-electron chi connectivity index (χ0n) is 12.8. The lowest BCUT2D eigenvalue weighted by Gasteiger charge is -2.08. The maximum Gasteiger partial charge on any atom is 0.197 e. The van der Waals surface area contributed by atoms with E-state index in [9.17, 15) is 0 Å². The topological polar surface area (TPSA) is 77.0 Å². The molecule has 2 aromatic heterocycles. The first-order chi connectivity index (χ1) is 10.1. The summed E-state index contributed by atoms with van der Waals surface area (Å²) in [5, 5.41) is 0. The molecule has 5 nitrogen and oxygen atoms in total. The van der Waals surface area contributed by atoms with E-state index in [2.05, 4.69) is 36.2 Å². The van der Waals surface area contributed by atoms with Crippen LogP contribution in [0.4, 0.5) is 5.82 Å². The number of hydrogen-bond donors (Lipinski definition) is 2. The maximum atomic E-state index is 5.93. The van der Waals surface area contributed by atoms with Crippen molar-refractivity contribution in [3.05, 3.63) is 29.7 Å². The number of furan rings is 1. The molecule has 2 heterocycles. The number of aromatic nitrogens is 2. The van der Waals surface area contributed by atoms with Gasteiger partial charge in [-0.25, -0.2) is 15.8 Å². The Balaban J connectivity index is 1.91. The van der Waals surface area contributed by atoms with Crippen molar-refractivity contribution in [2.45, 2.75) is 39.5 Å². The van der Waals surface area contributed by atoms with Gasteiger partial charge in [-0.15, -0.1) is 0 Å². The van der Waals surface area contributed by atoms with Gasteiger partial charge in [0.1, 0.15) is 11.6 Å². The van der Waals surface area contributed by atoms with Crippen molar-refractivity contribution >= 4 is 5.82 Å². The molecular weight excluding hydrogens is 264 g/mol. The first kappa shape index (κ1) is 14.1. The SMILES string of the molecule is CC(C)Cc1cc(NN)nc(-c2ccc(C3CC3C)o2)n1.